The summed E-state index contributed by atoms with van der Waals surface area (Å²) in [6.07, 6.45) is 3.75. The Morgan fingerprint density at radius 3 is 2.46 bits per heavy atom. The molecule has 0 radical (unpaired) electrons. The summed E-state index contributed by atoms with van der Waals surface area (Å²) in [7, 11) is 0. The van der Waals surface area contributed by atoms with Crippen LogP contribution >= 0.6 is 0 Å². The molecule has 0 aromatic carbocycles. The molecule has 2 aliphatic rings. The number of pyridine rings is 1. The van der Waals surface area contributed by atoms with Crippen molar-refractivity contribution in [3.8, 4) is 11.4 Å². The fraction of sp³-hybridized carbons (Fsp3) is 0.462. The predicted octanol–water partition coefficient (Wildman–Crippen LogP) is 5.67. The van der Waals surface area contributed by atoms with Crippen LogP contribution in [0, 0.1) is 13.8 Å². The standard InChI is InChI=1S/C26H26F3N7O/c1-13-8-16(9-21(37-13)17-10-31-36(12-17)19-5-6-19)24-34-22(20-7-4-18(11-30-20)26(27,28)29)23-25(35-24)33-15(3)14(2)32-23/h4,7,10-13,16,19,21H,5-6,8-9H2,1-3H3. The van der Waals surface area contributed by atoms with Crippen LogP contribution < -0.4 is 0 Å². The number of nitrogens with zero attached hydrogens (tertiary/aromatic N) is 7. The molecule has 1 saturated heterocycles. The molecular weight excluding hydrogens is 483 g/mol. The van der Waals surface area contributed by atoms with Crippen molar-refractivity contribution < 1.29 is 17.9 Å². The minimum atomic E-state index is -4.47. The summed E-state index contributed by atoms with van der Waals surface area (Å²) in [6.45, 7) is 5.70. The van der Waals surface area contributed by atoms with Crippen LogP contribution in [0.3, 0.4) is 0 Å². The normalized spacial score (nSPS) is 22.5. The maximum absolute atomic E-state index is 13.1. The lowest BCUT2D eigenvalue weighted by Crippen LogP contribution is -2.26. The zero-order chi connectivity index (χ0) is 25.9. The van der Waals surface area contributed by atoms with E-state index in [1.165, 1.54) is 6.07 Å². The van der Waals surface area contributed by atoms with Gasteiger partial charge in [-0.2, -0.15) is 18.3 Å². The molecule has 2 fully saturated rings. The predicted molar refractivity (Wildman–Crippen MR) is 129 cm³/mol. The Labute approximate surface area is 211 Å². The molecule has 4 aromatic rings. The Morgan fingerprint density at radius 1 is 0.973 bits per heavy atom. The first-order chi connectivity index (χ1) is 17.7. The van der Waals surface area contributed by atoms with Gasteiger partial charge < -0.3 is 4.74 Å². The molecule has 0 bridgehead atoms. The highest BCUT2D eigenvalue weighted by Gasteiger charge is 2.34. The maximum Gasteiger partial charge on any atom is 0.417 e. The molecule has 3 unspecified atom stereocenters. The number of aryl methyl sites for hydroxylation is 2. The Kier molecular flexibility index (Phi) is 5.70. The van der Waals surface area contributed by atoms with E-state index < -0.39 is 11.7 Å². The molecule has 37 heavy (non-hydrogen) atoms. The van der Waals surface area contributed by atoms with Crippen molar-refractivity contribution >= 4 is 11.2 Å². The molecule has 0 spiro atoms. The second-order valence-corrected chi connectivity index (χ2v) is 10.0. The molecule has 1 aliphatic carbocycles. The van der Waals surface area contributed by atoms with Gasteiger partial charge in [0, 0.05) is 23.9 Å². The summed E-state index contributed by atoms with van der Waals surface area (Å²) in [5.41, 5.74) is 3.13. The minimum absolute atomic E-state index is 0.0363. The third-order valence-electron chi connectivity index (χ3n) is 7.08. The molecule has 3 atom stereocenters. The number of ether oxygens (including phenoxy) is 1. The Bertz CT molecular complexity index is 1460. The minimum Gasteiger partial charge on any atom is -0.370 e. The van der Waals surface area contributed by atoms with Gasteiger partial charge in [0.2, 0.25) is 0 Å². The Balaban J connectivity index is 1.40. The fourth-order valence-electron chi connectivity index (χ4n) is 4.82. The molecule has 0 amide bonds. The number of aromatic nitrogens is 7. The van der Waals surface area contributed by atoms with Crippen LogP contribution in [0.4, 0.5) is 13.2 Å². The van der Waals surface area contributed by atoms with Crippen molar-refractivity contribution in [2.45, 2.75) is 76.8 Å². The van der Waals surface area contributed by atoms with E-state index in [0.717, 1.165) is 36.4 Å². The van der Waals surface area contributed by atoms with E-state index in [1.54, 1.807) is 0 Å². The van der Waals surface area contributed by atoms with Gasteiger partial charge in [-0.15, -0.1) is 0 Å². The smallest absolute Gasteiger partial charge is 0.370 e. The van der Waals surface area contributed by atoms with Gasteiger partial charge in [-0.3, -0.25) is 9.67 Å². The monoisotopic (exact) mass is 509 g/mol. The van der Waals surface area contributed by atoms with Crippen LogP contribution in [0.15, 0.2) is 30.7 Å². The van der Waals surface area contributed by atoms with E-state index in [0.29, 0.717) is 53.0 Å². The van der Waals surface area contributed by atoms with E-state index in [1.807, 2.05) is 31.6 Å². The van der Waals surface area contributed by atoms with Gasteiger partial charge in [0.1, 0.15) is 17.0 Å². The van der Waals surface area contributed by atoms with Crippen LogP contribution in [0.25, 0.3) is 22.6 Å². The fourth-order valence-corrected chi connectivity index (χ4v) is 4.82. The van der Waals surface area contributed by atoms with Crippen molar-refractivity contribution in [1.29, 1.82) is 0 Å². The summed E-state index contributed by atoms with van der Waals surface area (Å²) in [5, 5.41) is 4.51. The zero-order valence-corrected chi connectivity index (χ0v) is 20.7. The van der Waals surface area contributed by atoms with Crippen LogP contribution in [0.5, 0.6) is 0 Å². The summed E-state index contributed by atoms with van der Waals surface area (Å²) in [4.78, 5) is 23.0. The topological polar surface area (TPSA) is 91.5 Å². The van der Waals surface area contributed by atoms with E-state index >= 15 is 0 Å². The summed E-state index contributed by atoms with van der Waals surface area (Å²) < 4.78 is 47.7. The number of hydrogen-bond acceptors (Lipinski definition) is 7. The number of halogens is 3. The highest BCUT2D eigenvalue weighted by atomic mass is 19.4. The molecule has 1 saturated carbocycles. The van der Waals surface area contributed by atoms with Gasteiger partial charge in [0.15, 0.2) is 5.65 Å². The SMILES string of the molecule is Cc1nc2nc(C3CC(C)OC(c4cnn(C5CC5)c4)C3)nc(-c3ccc(C(F)(F)F)cn3)c2nc1C. The summed E-state index contributed by atoms with van der Waals surface area (Å²) in [5.74, 6) is 0.524. The summed E-state index contributed by atoms with van der Waals surface area (Å²) >= 11 is 0. The Hall–Kier alpha value is -3.47. The average molecular weight is 510 g/mol. The molecule has 5 heterocycles. The molecule has 4 aromatic heterocycles. The van der Waals surface area contributed by atoms with E-state index in [4.69, 9.17) is 14.7 Å². The number of alkyl halides is 3. The van der Waals surface area contributed by atoms with Crippen LogP contribution in [-0.4, -0.2) is 40.8 Å². The lowest BCUT2D eigenvalue weighted by Gasteiger charge is -2.33. The second kappa shape index (κ2) is 8.83. The third kappa shape index (κ3) is 4.68. The van der Waals surface area contributed by atoms with Gasteiger partial charge in [0.25, 0.3) is 0 Å². The van der Waals surface area contributed by atoms with E-state index in [-0.39, 0.29) is 18.1 Å². The van der Waals surface area contributed by atoms with Crippen LogP contribution in [0.1, 0.15) is 79.0 Å². The van der Waals surface area contributed by atoms with Gasteiger partial charge in [-0.25, -0.2) is 19.9 Å². The number of fused-ring (bicyclic) bond motifs is 1. The second-order valence-electron chi connectivity index (χ2n) is 10.0. The van der Waals surface area contributed by atoms with Crippen molar-refractivity contribution in [3.63, 3.8) is 0 Å². The molecular formula is C26H26F3N7O. The first-order valence-corrected chi connectivity index (χ1v) is 12.4. The van der Waals surface area contributed by atoms with Gasteiger partial charge in [-0.05, 0) is 58.6 Å². The average Bonchev–Trinajstić information content (AvgIpc) is 3.59. The molecule has 8 nitrogen and oxygen atoms in total. The zero-order valence-electron chi connectivity index (χ0n) is 20.7. The molecule has 0 N–H and O–H groups in total. The van der Waals surface area contributed by atoms with Crippen molar-refractivity contribution in [3.05, 3.63) is 59.1 Å². The Morgan fingerprint density at radius 2 is 1.76 bits per heavy atom. The largest absolute Gasteiger partial charge is 0.417 e. The highest BCUT2D eigenvalue weighted by Crippen LogP contribution is 2.41. The molecule has 1 aliphatic heterocycles. The van der Waals surface area contributed by atoms with Crippen molar-refractivity contribution in [1.82, 2.24) is 34.7 Å². The lowest BCUT2D eigenvalue weighted by atomic mass is 9.89. The first kappa shape index (κ1) is 23.9. The molecule has 6 rings (SSSR count). The van der Waals surface area contributed by atoms with Gasteiger partial charge >= 0.3 is 6.18 Å². The van der Waals surface area contributed by atoms with Gasteiger partial charge in [-0.1, -0.05) is 0 Å². The lowest BCUT2D eigenvalue weighted by molar-refractivity contribution is -0.137. The number of rotatable bonds is 4. The third-order valence-corrected chi connectivity index (χ3v) is 7.08. The van der Waals surface area contributed by atoms with E-state index in [2.05, 4.69) is 26.2 Å². The highest BCUT2D eigenvalue weighted by molar-refractivity contribution is 5.85. The maximum atomic E-state index is 13.1. The van der Waals surface area contributed by atoms with Crippen molar-refractivity contribution in [2.24, 2.45) is 0 Å². The van der Waals surface area contributed by atoms with Crippen LogP contribution in [-0.2, 0) is 10.9 Å². The summed E-state index contributed by atoms with van der Waals surface area (Å²) in [6, 6.07) is 2.82. The van der Waals surface area contributed by atoms with E-state index in [9.17, 15) is 13.2 Å². The molecule has 192 valence electrons. The van der Waals surface area contributed by atoms with Gasteiger partial charge in [0.05, 0.1) is 47.1 Å². The number of hydrogen-bond donors (Lipinski definition) is 0. The molecule has 11 heteroatoms. The first-order valence-electron chi connectivity index (χ1n) is 12.4. The quantitative estimate of drug-likeness (QED) is 0.350. The van der Waals surface area contributed by atoms with Crippen molar-refractivity contribution in [2.75, 3.05) is 0 Å². The van der Waals surface area contributed by atoms with Crippen LogP contribution in [0.2, 0.25) is 0 Å².